The number of fused-ring (bicyclic) bond motifs is 1. The Bertz CT molecular complexity index is 868. The van der Waals surface area contributed by atoms with Crippen molar-refractivity contribution in [1.82, 2.24) is 15.3 Å². The smallest absolute Gasteiger partial charge is 0.252 e. The van der Waals surface area contributed by atoms with Crippen LogP contribution in [0.2, 0.25) is 0 Å². The highest BCUT2D eigenvalue weighted by atomic mass is 16.5. The first-order chi connectivity index (χ1) is 14.2. The van der Waals surface area contributed by atoms with E-state index in [0.29, 0.717) is 36.1 Å². The Hall–Kier alpha value is -3.00. The second-order valence-corrected chi connectivity index (χ2v) is 7.37. The van der Waals surface area contributed by atoms with Gasteiger partial charge in [-0.3, -0.25) is 14.6 Å². The summed E-state index contributed by atoms with van der Waals surface area (Å²) in [5, 5.41) is 5.97. The zero-order valence-electron chi connectivity index (χ0n) is 16.3. The molecule has 0 radical (unpaired) electrons. The lowest BCUT2D eigenvalue weighted by molar-refractivity contribution is -0.117. The van der Waals surface area contributed by atoms with Gasteiger partial charge in [0, 0.05) is 44.9 Å². The van der Waals surface area contributed by atoms with Crippen molar-refractivity contribution < 1.29 is 14.3 Å². The van der Waals surface area contributed by atoms with Crippen LogP contribution < -0.4 is 15.5 Å². The first-order valence-electron chi connectivity index (χ1n) is 10.00. The van der Waals surface area contributed by atoms with Gasteiger partial charge in [-0.05, 0) is 48.9 Å². The first kappa shape index (κ1) is 19.3. The number of nitrogens with one attached hydrogen (secondary N) is 2. The Balaban J connectivity index is 1.44. The quantitative estimate of drug-likeness (QED) is 0.772. The number of pyridine rings is 2. The third-order valence-electron chi connectivity index (χ3n) is 5.36. The molecule has 2 aliphatic rings. The molecule has 2 aliphatic heterocycles. The maximum Gasteiger partial charge on any atom is 0.252 e. The summed E-state index contributed by atoms with van der Waals surface area (Å²) in [5.74, 6) is 0.848. The van der Waals surface area contributed by atoms with E-state index >= 15 is 0 Å². The number of aromatic nitrogens is 2. The van der Waals surface area contributed by atoms with Gasteiger partial charge in [-0.2, -0.15) is 0 Å². The average molecular weight is 395 g/mol. The van der Waals surface area contributed by atoms with Crippen LogP contribution in [0.25, 0.3) is 0 Å². The van der Waals surface area contributed by atoms with Crippen molar-refractivity contribution in [2.45, 2.75) is 19.3 Å². The molecule has 8 nitrogen and oxygen atoms in total. The topological polar surface area (TPSA) is 96.5 Å². The van der Waals surface area contributed by atoms with E-state index in [1.807, 2.05) is 12.1 Å². The van der Waals surface area contributed by atoms with Crippen molar-refractivity contribution >= 4 is 23.3 Å². The summed E-state index contributed by atoms with van der Waals surface area (Å²) >= 11 is 0. The predicted octanol–water partition coefficient (Wildman–Crippen LogP) is 1.63. The molecule has 0 atom stereocenters. The fourth-order valence-electron chi connectivity index (χ4n) is 3.67. The molecule has 2 aromatic rings. The van der Waals surface area contributed by atoms with Gasteiger partial charge in [0.15, 0.2) is 0 Å². The van der Waals surface area contributed by atoms with Crippen molar-refractivity contribution in [3.63, 3.8) is 0 Å². The van der Waals surface area contributed by atoms with Crippen LogP contribution in [-0.2, 0) is 16.0 Å². The Morgan fingerprint density at radius 2 is 2.07 bits per heavy atom. The lowest BCUT2D eigenvalue weighted by Crippen LogP contribution is -2.44. The van der Waals surface area contributed by atoms with Gasteiger partial charge in [-0.25, -0.2) is 4.98 Å². The van der Waals surface area contributed by atoms with Gasteiger partial charge in [0.2, 0.25) is 5.91 Å². The van der Waals surface area contributed by atoms with E-state index in [-0.39, 0.29) is 18.4 Å². The van der Waals surface area contributed by atoms with Gasteiger partial charge in [-0.15, -0.1) is 0 Å². The maximum atomic E-state index is 12.6. The zero-order valence-corrected chi connectivity index (χ0v) is 16.3. The standard InChI is InChI=1S/C21H25N5O3/c27-19-13-25-20-18(26(19)14-16-4-9-29-10-5-16)11-17(12-24-20)21(28)23-8-3-15-1-6-22-7-2-15/h1-2,6-7,11-12,16H,3-5,8-10,13-14H2,(H,23,28)(H,24,25). The highest BCUT2D eigenvalue weighted by Gasteiger charge is 2.29. The number of hydrogen-bond acceptors (Lipinski definition) is 6. The van der Waals surface area contributed by atoms with Crippen LogP contribution in [0.1, 0.15) is 28.8 Å². The molecular weight excluding hydrogens is 370 g/mol. The van der Waals surface area contributed by atoms with E-state index < -0.39 is 0 Å². The summed E-state index contributed by atoms with van der Waals surface area (Å²) < 4.78 is 5.42. The third-order valence-corrected chi connectivity index (χ3v) is 5.36. The Labute approximate surface area is 169 Å². The van der Waals surface area contributed by atoms with Crippen LogP contribution in [0.15, 0.2) is 36.8 Å². The van der Waals surface area contributed by atoms with E-state index in [4.69, 9.17) is 4.74 Å². The number of nitrogens with zero attached hydrogens (tertiary/aromatic N) is 3. The number of amides is 2. The minimum Gasteiger partial charge on any atom is -0.381 e. The molecule has 0 aromatic carbocycles. The molecule has 0 aliphatic carbocycles. The molecule has 2 aromatic heterocycles. The number of rotatable bonds is 6. The molecule has 0 unspecified atom stereocenters. The van der Waals surface area contributed by atoms with Gasteiger partial charge < -0.3 is 20.3 Å². The summed E-state index contributed by atoms with van der Waals surface area (Å²) in [7, 11) is 0. The van der Waals surface area contributed by atoms with Crippen molar-refractivity contribution in [2.24, 2.45) is 5.92 Å². The number of hydrogen-bond donors (Lipinski definition) is 2. The molecule has 4 rings (SSSR count). The molecule has 1 saturated heterocycles. The number of carbonyl (C=O) groups is 2. The molecule has 4 heterocycles. The summed E-state index contributed by atoms with van der Waals surface area (Å²) in [5.41, 5.74) is 2.24. The molecule has 0 spiro atoms. The fourth-order valence-corrected chi connectivity index (χ4v) is 3.67. The lowest BCUT2D eigenvalue weighted by Gasteiger charge is -2.33. The van der Waals surface area contributed by atoms with Crippen LogP contribution in [0, 0.1) is 5.92 Å². The molecule has 0 bridgehead atoms. The van der Waals surface area contributed by atoms with E-state index in [9.17, 15) is 9.59 Å². The number of ether oxygens (including phenoxy) is 1. The van der Waals surface area contributed by atoms with Gasteiger partial charge in [0.1, 0.15) is 5.82 Å². The monoisotopic (exact) mass is 395 g/mol. The summed E-state index contributed by atoms with van der Waals surface area (Å²) in [4.78, 5) is 35.3. The molecule has 2 amide bonds. The molecule has 152 valence electrons. The number of anilines is 2. The predicted molar refractivity (Wildman–Crippen MR) is 109 cm³/mol. The van der Waals surface area contributed by atoms with Gasteiger partial charge >= 0.3 is 0 Å². The highest BCUT2D eigenvalue weighted by Crippen LogP contribution is 2.30. The van der Waals surface area contributed by atoms with Gasteiger partial charge in [0.25, 0.3) is 5.91 Å². The van der Waals surface area contributed by atoms with E-state index in [2.05, 4.69) is 20.6 Å². The first-order valence-corrected chi connectivity index (χ1v) is 10.00. The van der Waals surface area contributed by atoms with Crippen LogP contribution in [-0.4, -0.2) is 54.6 Å². The second kappa shape index (κ2) is 9.00. The lowest BCUT2D eigenvalue weighted by atomic mass is 9.99. The Morgan fingerprint density at radius 1 is 1.28 bits per heavy atom. The summed E-state index contributed by atoms with van der Waals surface area (Å²) in [6.45, 7) is 2.83. The Morgan fingerprint density at radius 3 is 2.86 bits per heavy atom. The molecule has 1 fully saturated rings. The fraction of sp³-hybridized carbons (Fsp3) is 0.429. The largest absolute Gasteiger partial charge is 0.381 e. The van der Waals surface area contributed by atoms with E-state index in [1.165, 1.54) is 0 Å². The van der Waals surface area contributed by atoms with E-state index in [0.717, 1.165) is 38.0 Å². The normalized spacial score (nSPS) is 16.8. The van der Waals surface area contributed by atoms with Crippen LogP contribution >= 0.6 is 0 Å². The van der Waals surface area contributed by atoms with Crippen LogP contribution in [0.3, 0.4) is 0 Å². The molecular formula is C21H25N5O3. The van der Waals surface area contributed by atoms with Crippen molar-refractivity contribution in [2.75, 3.05) is 43.1 Å². The zero-order chi connectivity index (χ0) is 20.1. The second-order valence-electron chi connectivity index (χ2n) is 7.37. The van der Waals surface area contributed by atoms with Crippen LogP contribution in [0.5, 0.6) is 0 Å². The molecule has 0 saturated carbocycles. The minimum absolute atomic E-state index is 0.000960. The maximum absolute atomic E-state index is 12.6. The van der Waals surface area contributed by atoms with Crippen molar-refractivity contribution in [3.8, 4) is 0 Å². The van der Waals surface area contributed by atoms with Gasteiger partial charge in [-0.1, -0.05) is 0 Å². The molecule has 29 heavy (non-hydrogen) atoms. The molecule has 8 heteroatoms. The average Bonchev–Trinajstić information content (AvgIpc) is 2.77. The number of carbonyl (C=O) groups excluding carboxylic acids is 2. The summed E-state index contributed by atoms with van der Waals surface area (Å²) in [6, 6.07) is 5.61. The highest BCUT2D eigenvalue weighted by molar-refractivity contribution is 6.04. The van der Waals surface area contributed by atoms with E-state index in [1.54, 1.807) is 29.6 Å². The van der Waals surface area contributed by atoms with Crippen LogP contribution in [0.4, 0.5) is 11.5 Å². The molecule has 2 N–H and O–H groups in total. The van der Waals surface area contributed by atoms with Crippen molar-refractivity contribution in [3.05, 3.63) is 47.9 Å². The summed E-state index contributed by atoms with van der Waals surface area (Å²) in [6.07, 6.45) is 7.63. The van der Waals surface area contributed by atoms with Crippen molar-refractivity contribution in [1.29, 1.82) is 0 Å². The van der Waals surface area contributed by atoms with Gasteiger partial charge in [0.05, 0.1) is 17.8 Å². The SMILES string of the molecule is O=C(NCCc1ccncc1)c1cnc2c(c1)N(CC1CCOCC1)C(=O)CN2. The Kier molecular flexibility index (Phi) is 6.00. The third kappa shape index (κ3) is 4.71. The minimum atomic E-state index is -0.196.